The molecule has 2 aromatic carbocycles. The van der Waals surface area contributed by atoms with Gasteiger partial charge in [0.1, 0.15) is 17.3 Å². The second-order valence-corrected chi connectivity index (χ2v) is 7.31. The molecule has 0 atom stereocenters. The van der Waals surface area contributed by atoms with Crippen molar-refractivity contribution in [3.63, 3.8) is 0 Å². The Morgan fingerprint density at radius 2 is 1.86 bits per heavy atom. The fourth-order valence-corrected chi connectivity index (χ4v) is 3.59. The number of hydrogen-bond acceptors (Lipinski definition) is 4. The largest absolute Gasteiger partial charge is 0.494 e. The first-order valence-corrected chi connectivity index (χ1v) is 9.54. The molecule has 1 aliphatic rings. The average Bonchev–Trinajstić information content (AvgIpc) is 2.70. The average molecular weight is 401 g/mol. The Morgan fingerprint density at radius 3 is 2.45 bits per heavy atom. The first kappa shape index (κ1) is 20.9. The minimum absolute atomic E-state index is 0.0746. The summed E-state index contributed by atoms with van der Waals surface area (Å²) in [6.07, 6.45) is 2.28. The van der Waals surface area contributed by atoms with Crippen molar-refractivity contribution in [1.82, 2.24) is 10.2 Å². The zero-order chi connectivity index (χ0) is 21.0. The molecule has 1 saturated heterocycles. The van der Waals surface area contributed by atoms with Crippen molar-refractivity contribution in [3.8, 4) is 16.9 Å². The maximum absolute atomic E-state index is 14.9. The number of benzene rings is 2. The van der Waals surface area contributed by atoms with Crippen LogP contribution in [0.4, 0.5) is 14.5 Å². The van der Waals surface area contributed by atoms with Crippen LogP contribution in [0.1, 0.15) is 18.4 Å². The molecule has 7 heteroatoms. The molecule has 0 aliphatic carbocycles. The van der Waals surface area contributed by atoms with Gasteiger partial charge in [-0.3, -0.25) is 4.79 Å². The molecule has 0 unspecified atom stereocenters. The van der Waals surface area contributed by atoms with E-state index in [2.05, 4.69) is 15.2 Å². The Labute approximate surface area is 169 Å². The summed E-state index contributed by atoms with van der Waals surface area (Å²) in [5, 5.41) is 2.66. The van der Waals surface area contributed by atoms with Crippen molar-refractivity contribution in [3.05, 3.63) is 47.5 Å². The highest BCUT2D eigenvalue weighted by Crippen LogP contribution is 2.32. The van der Waals surface area contributed by atoms with Crippen LogP contribution in [0, 0.1) is 24.5 Å². The Morgan fingerprint density at radius 1 is 1.17 bits per heavy atom. The Hall–Kier alpha value is -2.80. The van der Waals surface area contributed by atoms with Gasteiger partial charge in [-0.15, -0.1) is 0 Å². The molecule has 0 aromatic heterocycles. The van der Waals surface area contributed by atoms with E-state index in [0.717, 1.165) is 25.9 Å². The van der Waals surface area contributed by atoms with Crippen LogP contribution in [-0.4, -0.2) is 44.4 Å². The van der Waals surface area contributed by atoms with E-state index in [9.17, 15) is 13.6 Å². The van der Waals surface area contributed by atoms with Crippen molar-refractivity contribution in [2.45, 2.75) is 19.8 Å². The Kier molecular flexibility index (Phi) is 6.59. The number of nitrogens with one attached hydrogen (secondary N) is 1. The minimum atomic E-state index is -0.519. The molecule has 1 fully saturated rings. The van der Waals surface area contributed by atoms with E-state index in [4.69, 9.17) is 4.74 Å². The van der Waals surface area contributed by atoms with Gasteiger partial charge in [0.2, 0.25) is 6.41 Å². The van der Waals surface area contributed by atoms with Gasteiger partial charge >= 0.3 is 0 Å². The molecule has 1 N–H and O–H groups in total. The SMILES string of the molecule is COc1ccc(-c2cc(C)c(/N=C(\NC=O)C3CCN(C)CC3)c(F)c2)cc1F. The molecule has 3 rings (SSSR count). The molecule has 0 bridgehead atoms. The number of piperidine rings is 1. The van der Waals surface area contributed by atoms with Crippen LogP contribution >= 0.6 is 0 Å². The molecule has 0 saturated carbocycles. The van der Waals surface area contributed by atoms with Crippen LogP contribution in [0.25, 0.3) is 11.1 Å². The van der Waals surface area contributed by atoms with Crippen LogP contribution < -0.4 is 10.1 Å². The van der Waals surface area contributed by atoms with Crippen LogP contribution in [0.15, 0.2) is 35.3 Å². The van der Waals surface area contributed by atoms with Crippen molar-refractivity contribution >= 4 is 17.9 Å². The summed E-state index contributed by atoms with van der Waals surface area (Å²) >= 11 is 0. The van der Waals surface area contributed by atoms with Crippen molar-refractivity contribution < 1.29 is 18.3 Å². The van der Waals surface area contributed by atoms with Crippen LogP contribution in [0.3, 0.4) is 0 Å². The van der Waals surface area contributed by atoms with Gasteiger partial charge < -0.3 is 15.0 Å². The number of carbonyl (C=O) groups excluding carboxylic acids is 1. The molecule has 29 heavy (non-hydrogen) atoms. The fraction of sp³-hybridized carbons (Fsp3) is 0.364. The summed E-state index contributed by atoms with van der Waals surface area (Å²) in [7, 11) is 3.44. The first-order chi connectivity index (χ1) is 13.9. The molecular weight excluding hydrogens is 376 g/mol. The smallest absolute Gasteiger partial charge is 0.212 e. The number of nitrogens with zero attached hydrogens (tertiary/aromatic N) is 2. The summed E-state index contributed by atoms with van der Waals surface area (Å²) < 4.78 is 33.9. The topological polar surface area (TPSA) is 53.9 Å². The number of amidine groups is 1. The highest BCUT2D eigenvalue weighted by atomic mass is 19.1. The molecule has 154 valence electrons. The summed E-state index contributed by atoms with van der Waals surface area (Å²) in [5.41, 5.74) is 1.88. The third kappa shape index (κ3) is 4.79. The predicted octanol–water partition coefficient (Wildman–Crippen LogP) is 4.07. The Balaban J connectivity index is 1.94. The van der Waals surface area contributed by atoms with Crippen molar-refractivity contribution in [2.24, 2.45) is 10.9 Å². The first-order valence-electron chi connectivity index (χ1n) is 9.54. The zero-order valence-electron chi connectivity index (χ0n) is 16.8. The number of likely N-dealkylation sites (tertiary alicyclic amines) is 1. The molecule has 1 aliphatic heterocycles. The summed E-state index contributed by atoms with van der Waals surface area (Å²) in [5.74, 6) is -0.335. The molecule has 1 amide bonds. The van der Waals surface area contributed by atoms with Crippen molar-refractivity contribution in [1.29, 1.82) is 0 Å². The van der Waals surface area contributed by atoms with Crippen LogP contribution in [0.2, 0.25) is 0 Å². The second kappa shape index (κ2) is 9.13. The summed E-state index contributed by atoms with van der Waals surface area (Å²) in [6, 6.07) is 7.59. The van der Waals surface area contributed by atoms with Gasteiger partial charge in [-0.2, -0.15) is 0 Å². The number of rotatable bonds is 5. The van der Waals surface area contributed by atoms with Crippen molar-refractivity contribution in [2.75, 3.05) is 27.2 Å². The Bertz CT molecular complexity index is 899. The minimum Gasteiger partial charge on any atom is -0.494 e. The summed E-state index contributed by atoms with van der Waals surface area (Å²) in [6.45, 7) is 3.54. The van der Waals surface area contributed by atoms with Gasteiger partial charge in [-0.05, 0) is 80.9 Å². The second-order valence-electron chi connectivity index (χ2n) is 7.31. The van der Waals surface area contributed by atoms with Gasteiger partial charge in [0.25, 0.3) is 0 Å². The molecule has 5 nitrogen and oxygen atoms in total. The van der Waals surface area contributed by atoms with E-state index in [-0.39, 0.29) is 17.4 Å². The van der Waals surface area contributed by atoms with E-state index < -0.39 is 11.6 Å². The van der Waals surface area contributed by atoms with Crippen LogP contribution in [-0.2, 0) is 4.79 Å². The van der Waals surface area contributed by atoms with E-state index in [1.165, 1.54) is 25.3 Å². The van der Waals surface area contributed by atoms with Crippen LogP contribution in [0.5, 0.6) is 5.75 Å². The standard InChI is InChI=1S/C22H25F2N3O2/c1-14-10-17(16-4-5-20(29-3)18(23)11-16)12-19(24)21(14)26-22(25-13-28)15-6-8-27(2)9-7-15/h4-5,10-13,15H,6-9H2,1-3H3,(H,25,26,28). The molecular formula is C22H25F2N3O2. The molecule has 1 heterocycles. The number of methoxy groups -OCH3 is 1. The molecule has 2 aromatic rings. The van der Waals surface area contributed by atoms with Gasteiger partial charge in [0.05, 0.1) is 7.11 Å². The molecule has 0 radical (unpaired) electrons. The third-order valence-corrected chi connectivity index (χ3v) is 5.28. The van der Waals surface area contributed by atoms with Gasteiger partial charge in [0.15, 0.2) is 11.6 Å². The number of hydrogen-bond donors (Lipinski definition) is 1. The highest BCUT2D eigenvalue weighted by molar-refractivity contribution is 5.94. The number of aliphatic imine (C=N–C) groups is 1. The quantitative estimate of drug-likeness (QED) is 0.467. The highest BCUT2D eigenvalue weighted by Gasteiger charge is 2.22. The normalized spacial score (nSPS) is 16.0. The number of halogens is 2. The predicted molar refractivity (Wildman–Crippen MR) is 110 cm³/mol. The maximum atomic E-state index is 14.9. The van der Waals surface area contributed by atoms with E-state index in [1.54, 1.807) is 19.1 Å². The number of aryl methyl sites for hydroxylation is 1. The lowest BCUT2D eigenvalue weighted by molar-refractivity contribution is -0.108. The van der Waals surface area contributed by atoms with E-state index in [0.29, 0.717) is 28.9 Å². The maximum Gasteiger partial charge on any atom is 0.212 e. The number of carbonyl (C=O) groups is 1. The van der Waals surface area contributed by atoms with E-state index in [1.807, 2.05) is 7.05 Å². The van der Waals surface area contributed by atoms with Gasteiger partial charge in [0, 0.05) is 5.92 Å². The monoisotopic (exact) mass is 401 g/mol. The van der Waals surface area contributed by atoms with Gasteiger partial charge in [-0.1, -0.05) is 6.07 Å². The van der Waals surface area contributed by atoms with E-state index >= 15 is 0 Å². The zero-order valence-corrected chi connectivity index (χ0v) is 16.8. The van der Waals surface area contributed by atoms with Gasteiger partial charge in [-0.25, -0.2) is 13.8 Å². The number of ether oxygens (including phenoxy) is 1. The number of amides is 1. The lowest BCUT2D eigenvalue weighted by atomic mass is 9.95. The summed E-state index contributed by atoms with van der Waals surface area (Å²) in [4.78, 5) is 17.7. The lowest BCUT2D eigenvalue weighted by Gasteiger charge is -2.29. The molecule has 0 spiro atoms. The lowest BCUT2D eigenvalue weighted by Crippen LogP contribution is -2.38. The fourth-order valence-electron chi connectivity index (χ4n) is 3.59. The third-order valence-electron chi connectivity index (χ3n) is 5.28.